The maximum Gasteiger partial charge on any atom is 0.340 e. The van der Waals surface area contributed by atoms with Gasteiger partial charge in [0.15, 0.2) is 11.9 Å². The normalized spacial score (nSPS) is 15.8. The molecule has 0 aromatic carbocycles. The molecule has 1 aliphatic carbocycles. The summed E-state index contributed by atoms with van der Waals surface area (Å²) in [5.41, 5.74) is 1.96. The van der Waals surface area contributed by atoms with Gasteiger partial charge in [0, 0.05) is 23.5 Å². The summed E-state index contributed by atoms with van der Waals surface area (Å²) in [5.74, 6) is 0.544. The van der Waals surface area contributed by atoms with Crippen molar-refractivity contribution in [2.45, 2.75) is 65.5 Å². The van der Waals surface area contributed by atoms with E-state index in [0.29, 0.717) is 22.8 Å². The summed E-state index contributed by atoms with van der Waals surface area (Å²) < 4.78 is 12.3. The minimum atomic E-state index is -0.833. The number of hydrogen-bond donors (Lipinski definition) is 1. The Balaban J connectivity index is 1.70. The molecule has 0 aliphatic heterocycles. The fourth-order valence-corrected chi connectivity index (χ4v) is 3.45. The van der Waals surface area contributed by atoms with Gasteiger partial charge in [0.25, 0.3) is 5.91 Å². The van der Waals surface area contributed by atoms with E-state index in [9.17, 15) is 9.59 Å². The molecule has 1 fully saturated rings. The standard InChI is InChI=1S/C19H25N3O4/c1-11-9-16(13(3)22(11)17-10-12(2)26-21-17)19(24)25-14(4)18(23)20-15-7-5-6-8-15/h9-10,14-15H,5-8H2,1-4H3,(H,20,23). The number of carbonyl (C=O) groups is 2. The van der Waals surface area contributed by atoms with Crippen LogP contribution in [-0.4, -0.2) is 33.7 Å². The summed E-state index contributed by atoms with van der Waals surface area (Å²) in [6, 6.07) is 3.74. The number of aromatic nitrogens is 2. The van der Waals surface area contributed by atoms with Crippen molar-refractivity contribution in [3.8, 4) is 5.82 Å². The maximum atomic E-state index is 12.6. The molecule has 1 N–H and O–H groups in total. The molecule has 26 heavy (non-hydrogen) atoms. The number of aryl methyl sites for hydroxylation is 2. The van der Waals surface area contributed by atoms with Crippen LogP contribution in [0, 0.1) is 20.8 Å². The summed E-state index contributed by atoms with van der Waals surface area (Å²) in [5, 5.41) is 6.95. The molecule has 7 nitrogen and oxygen atoms in total. The first-order valence-electron chi connectivity index (χ1n) is 9.01. The molecule has 140 valence electrons. The van der Waals surface area contributed by atoms with Gasteiger partial charge in [-0.1, -0.05) is 18.0 Å². The van der Waals surface area contributed by atoms with Gasteiger partial charge < -0.3 is 14.6 Å². The van der Waals surface area contributed by atoms with Gasteiger partial charge in [0.2, 0.25) is 0 Å². The highest BCUT2D eigenvalue weighted by atomic mass is 16.5. The summed E-state index contributed by atoms with van der Waals surface area (Å²) in [6.45, 7) is 7.10. The van der Waals surface area contributed by atoms with Gasteiger partial charge in [-0.3, -0.25) is 9.36 Å². The van der Waals surface area contributed by atoms with Crippen LogP contribution in [0.1, 0.15) is 60.1 Å². The lowest BCUT2D eigenvalue weighted by Gasteiger charge is -2.17. The summed E-state index contributed by atoms with van der Waals surface area (Å²) in [4.78, 5) is 24.8. The predicted molar refractivity (Wildman–Crippen MR) is 95.3 cm³/mol. The third kappa shape index (κ3) is 3.66. The van der Waals surface area contributed by atoms with Gasteiger partial charge in [-0.05, 0) is 46.6 Å². The number of ether oxygens (including phenoxy) is 1. The van der Waals surface area contributed by atoms with Gasteiger partial charge in [-0.2, -0.15) is 0 Å². The van der Waals surface area contributed by atoms with Crippen molar-refractivity contribution in [2.75, 3.05) is 0 Å². The van der Waals surface area contributed by atoms with E-state index in [0.717, 1.165) is 31.4 Å². The molecule has 1 atom stereocenters. The Morgan fingerprint density at radius 2 is 1.96 bits per heavy atom. The van der Waals surface area contributed by atoms with Crippen molar-refractivity contribution in [1.82, 2.24) is 15.0 Å². The largest absolute Gasteiger partial charge is 0.449 e. The van der Waals surface area contributed by atoms with E-state index in [2.05, 4.69) is 10.5 Å². The second kappa shape index (κ2) is 7.35. The number of hydrogen-bond acceptors (Lipinski definition) is 5. The number of carbonyl (C=O) groups excluding carboxylic acids is 2. The van der Waals surface area contributed by atoms with E-state index in [1.807, 2.05) is 25.3 Å². The zero-order valence-electron chi connectivity index (χ0n) is 15.7. The Bertz CT molecular complexity index is 815. The quantitative estimate of drug-likeness (QED) is 0.830. The zero-order valence-corrected chi connectivity index (χ0v) is 15.7. The minimum Gasteiger partial charge on any atom is -0.449 e. The first-order valence-corrected chi connectivity index (χ1v) is 9.01. The van der Waals surface area contributed by atoms with Crippen LogP contribution in [0.5, 0.6) is 0 Å². The molecule has 1 amide bonds. The third-order valence-electron chi connectivity index (χ3n) is 4.85. The van der Waals surface area contributed by atoms with E-state index in [1.54, 1.807) is 19.1 Å². The van der Waals surface area contributed by atoms with Gasteiger partial charge in [0.05, 0.1) is 5.56 Å². The third-order valence-corrected chi connectivity index (χ3v) is 4.85. The van der Waals surface area contributed by atoms with Crippen LogP contribution in [0.2, 0.25) is 0 Å². The monoisotopic (exact) mass is 359 g/mol. The lowest BCUT2D eigenvalue weighted by molar-refractivity contribution is -0.129. The lowest BCUT2D eigenvalue weighted by atomic mass is 10.2. The van der Waals surface area contributed by atoms with E-state index >= 15 is 0 Å². The summed E-state index contributed by atoms with van der Waals surface area (Å²) in [6.07, 6.45) is 3.41. The van der Waals surface area contributed by atoms with Crippen molar-refractivity contribution < 1.29 is 18.8 Å². The van der Waals surface area contributed by atoms with E-state index in [-0.39, 0.29) is 11.9 Å². The van der Waals surface area contributed by atoms with Crippen LogP contribution < -0.4 is 5.32 Å². The second-order valence-corrected chi connectivity index (χ2v) is 6.95. The Kier molecular flexibility index (Phi) is 5.15. The van der Waals surface area contributed by atoms with Crippen molar-refractivity contribution in [3.05, 3.63) is 34.8 Å². The van der Waals surface area contributed by atoms with Crippen molar-refractivity contribution in [3.63, 3.8) is 0 Å². The molecule has 0 spiro atoms. The van der Waals surface area contributed by atoms with Crippen LogP contribution in [0.25, 0.3) is 5.82 Å². The van der Waals surface area contributed by atoms with Gasteiger partial charge in [-0.15, -0.1) is 0 Å². The van der Waals surface area contributed by atoms with Gasteiger partial charge in [-0.25, -0.2) is 4.79 Å². The second-order valence-electron chi connectivity index (χ2n) is 6.95. The van der Waals surface area contributed by atoms with E-state index < -0.39 is 12.1 Å². The number of nitrogens with zero attached hydrogens (tertiary/aromatic N) is 2. The lowest BCUT2D eigenvalue weighted by Crippen LogP contribution is -2.40. The van der Waals surface area contributed by atoms with Crippen molar-refractivity contribution in [1.29, 1.82) is 0 Å². The van der Waals surface area contributed by atoms with Crippen LogP contribution in [0.4, 0.5) is 0 Å². The highest BCUT2D eigenvalue weighted by Gasteiger charge is 2.26. The molecular weight excluding hydrogens is 334 g/mol. The zero-order chi connectivity index (χ0) is 18.8. The molecule has 0 bridgehead atoms. The molecule has 0 radical (unpaired) electrons. The molecule has 7 heteroatoms. The summed E-state index contributed by atoms with van der Waals surface area (Å²) >= 11 is 0. The minimum absolute atomic E-state index is 0.198. The molecule has 1 aliphatic rings. The van der Waals surface area contributed by atoms with Crippen molar-refractivity contribution in [2.24, 2.45) is 0 Å². The number of esters is 1. The van der Waals surface area contributed by atoms with Crippen LogP contribution in [0.15, 0.2) is 16.7 Å². The first-order chi connectivity index (χ1) is 12.4. The van der Waals surface area contributed by atoms with E-state index in [4.69, 9.17) is 9.26 Å². The predicted octanol–water partition coefficient (Wildman–Crippen LogP) is 2.99. The Labute approximate surface area is 152 Å². The maximum absolute atomic E-state index is 12.6. The fraction of sp³-hybridized carbons (Fsp3) is 0.526. The molecule has 1 saturated carbocycles. The van der Waals surface area contributed by atoms with E-state index in [1.165, 1.54) is 0 Å². The SMILES string of the molecule is Cc1cc(-n2c(C)cc(C(=O)OC(C)C(=O)NC3CCCC3)c2C)no1. The van der Waals surface area contributed by atoms with Gasteiger partial charge in [0.1, 0.15) is 5.76 Å². The Hall–Kier alpha value is -2.57. The molecule has 3 rings (SSSR count). The number of nitrogens with one attached hydrogen (secondary N) is 1. The average Bonchev–Trinajstić information content (AvgIpc) is 3.29. The molecule has 2 aromatic heterocycles. The Morgan fingerprint density at radius 3 is 2.58 bits per heavy atom. The first kappa shape index (κ1) is 18.2. The number of amides is 1. The average molecular weight is 359 g/mol. The fourth-order valence-electron chi connectivity index (χ4n) is 3.45. The molecule has 0 saturated heterocycles. The van der Waals surface area contributed by atoms with Crippen LogP contribution in [0.3, 0.4) is 0 Å². The van der Waals surface area contributed by atoms with Crippen molar-refractivity contribution >= 4 is 11.9 Å². The topological polar surface area (TPSA) is 86.4 Å². The highest BCUT2D eigenvalue weighted by molar-refractivity contribution is 5.93. The van der Waals surface area contributed by atoms with Gasteiger partial charge >= 0.3 is 5.97 Å². The molecule has 2 aromatic rings. The highest BCUT2D eigenvalue weighted by Crippen LogP contribution is 2.22. The molecular formula is C19H25N3O4. The molecule has 1 unspecified atom stereocenters. The number of rotatable bonds is 5. The molecule has 2 heterocycles. The summed E-state index contributed by atoms with van der Waals surface area (Å²) in [7, 11) is 0. The Morgan fingerprint density at radius 1 is 1.27 bits per heavy atom. The van der Waals surface area contributed by atoms with Crippen LogP contribution in [-0.2, 0) is 9.53 Å². The van der Waals surface area contributed by atoms with Crippen LogP contribution >= 0.6 is 0 Å². The smallest absolute Gasteiger partial charge is 0.340 e.